The molecule has 1 fully saturated rings. The molecule has 2 aliphatic rings. The molecule has 0 unspecified atom stereocenters. The van der Waals surface area contributed by atoms with Crippen molar-refractivity contribution >= 4 is 5.91 Å². The van der Waals surface area contributed by atoms with Crippen LogP contribution >= 0.6 is 0 Å². The maximum absolute atomic E-state index is 12.3. The van der Waals surface area contributed by atoms with Crippen molar-refractivity contribution < 1.29 is 4.79 Å². The Labute approximate surface area is 134 Å². The number of hydrogen-bond acceptors (Lipinski definition) is 4. The van der Waals surface area contributed by atoms with E-state index in [9.17, 15) is 4.79 Å². The van der Waals surface area contributed by atoms with E-state index in [4.69, 9.17) is 6.42 Å². The second-order valence-corrected chi connectivity index (χ2v) is 6.80. The second kappa shape index (κ2) is 7.73. The lowest BCUT2D eigenvalue weighted by molar-refractivity contribution is -0.132. The predicted molar refractivity (Wildman–Crippen MR) is 87.4 cm³/mol. The van der Waals surface area contributed by atoms with Gasteiger partial charge in [0.2, 0.25) is 5.91 Å². The van der Waals surface area contributed by atoms with Gasteiger partial charge in [-0.15, -0.1) is 12.3 Å². The second-order valence-electron chi connectivity index (χ2n) is 6.80. The molecular formula is C17H28N4O. The number of amides is 1. The van der Waals surface area contributed by atoms with Crippen molar-refractivity contribution in [3.05, 3.63) is 0 Å². The minimum absolute atomic E-state index is 0.253. The zero-order valence-electron chi connectivity index (χ0n) is 13.9. The van der Waals surface area contributed by atoms with Crippen LogP contribution in [0.5, 0.6) is 0 Å². The first-order chi connectivity index (χ1) is 10.5. The molecule has 0 aromatic heterocycles. The number of rotatable bonds is 8. The number of carbonyl (C=O) groups excluding carboxylic acids is 1. The molecule has 0 spiro atoms. The SMILES string of the molecule is C#CCCC1(CCC(=O)N2CCC(CCN(C)C)CC2)N=N1. The molecule has 22 heavy (non-hydrogen) atoms. The third-order valence-electron chi connectivity index (χ3n) is 4.74. The van der Waals surface area contributed by atoms with Gasteiger partial charge >= 0.3 is 0 Å². The number of terminal acetylenes is 1. The highest BCUT2D eigenvalue weighted by atomic mass is 16.2. The summed E-state index contributed by atoms with van der Waals surface area (Å²) >= 11 is 0. The van der Waals surface area contributed by atoms with Crippen LogP contribution in [0.15, 0.2) is 10.2 Å². The monoisotopic (exact) mass is 304 g/mol. The van der Waals surface area contributed by atoms with Gasteiger partial charge in [0.1, 0.15) is 0 Å². The molecule has 0 atom stereocenters. The Kier molecular flexibility index (Phi) is 5.96. The highest BCUT2D eigenvalue weighted by Gasteiger charge is 2.39. The average Bonchev–Trinajstić information content (AvgIpc) is 3.29. The molecule has 0 bridgehead atoms. The Hall–Kier alpha value is -1.41. The molecule has 0 aromatic carbocycles. The van der Waals surface area contributed by atoms with Crippen molar-refractivity contribution in [2.24, 2.45) is 16.1 Å². The lowest BCUT2D eigenvalue weighted by Gasteiger charge is -2.32. The van der Waals surface area contributed by atoms with Crippen molar-refractivity contribution in [2.45, 2.75) is 50.6 Å². The van der Waals surface area contributed by atoms with Crippen LogP contribution in [0.2, 0.25) is 0 Å². The van der Waals surface area contributed by atoms with Crippen molar-refractivity contribution in [1.29, 1.82) is 0 Å². The van der Waals surface area contributed by atoms with Crippen LogP contribution < -0.4 is 0 Å². The van der Waals surface area contributed by atoms with Gasteiger partial charge in [0.25, 0.3) is 0 Å². The summed E-state index contributed by atoms with van der Waals surface area (Å²) in [6.07, 6.45) is 11.5. The predicted octanol–water partition coefficient (Wildman–Crippen LogP) is 2.53. The van der Waals surface area contributed by atoms with Gasteiger partial charge in [0.15, 0.2) is 5.66 Å². The Morgan fingerprint density at radius 2 is 2.00 bits per heavy atom. The Morgan fingerprint density at radius 1 is 1.32 bits per heavy atom. The van der Waals surface area contributed by atoms with Crippen LogP contribution in [0.1, 0.15) is 44.9 Å². The third kappa shape index (κ3) is 5.10. The molecule has 2 aliphatic heterocycles. The van der Waals surface area contributed by atoms with Crippen molar-refractivity contribution in [3.8, 4) is 12.3 Å². The molecule has 0 aromatic rings. The van der Waals surface area contributed by atoms with E-state index in [0.29, 0.717) is 19.3 Å². The summed E-state index contributed by atoms with van der Waals surface area (Å²) in [5.74, 6) is 3.64. The van der Waals surface area contributed by atoms with Gasteiger partial charge in [0, 0.05) is 38.8 Å². The minimum atomic E-state index is -0.327. The lowest BCUT2D eigenvalue weighted by atomic mass is 9.93. The van der Waals surface area contributed by atoms with E-state index < -0.39 is 0 Å². The minimum Gasteiger partial charge on any atom is -0.343 e. The molecule has 5 heteroatoms. The molecule has 0 N–H and O–H groups in total. The summed E-state index contributed by atoms with van der Waals surface area (Å²) in [6.45, 7) is 2.95. The summed E-state index contributed by atoms with van der Waals surface area (Å²) in [5, 5.41) is 8.19. The molecule has 1 amide bonds. The van der Waals surface area contributed by atoms with Crippen molar-refractivity contribution in [2.75, 3.05) is 33.7 Å². The fraction of sp³-hybridized carbons (Fsp3) is 0.824. The zero-order valence-corrected chi connectivity index (χ0v) is 13.9. The quantitative estimate of drug-likeness (QED) is 0.647. The number of piperidine rings is 1. The number of likely N-dealkylation sites (tertiary alicyclic amines) is 1. The summed E-state index contributed by atoms with van der Waals surface area (Å²) in [6, 6.07) is 0. The average molecular weight is 304 g/mol. The first-order valence-electron chi connectivity index (χ1n) is 8.35. The third-order valence-corrected chi connectivity index (χ3v) is 4.74. The van der Waals surface area contributed by atoms with E-state index >= 15 is 0 Å². The van der Waals surface area contributed by atoms with E-state index in [-0.39, 0.29) is 11.6 Å². The van der Waals surface area contributed by atoms with Crippen molar-refractivity contribution in [1.82, 2.24) is 9.80 Å². The molecule has 0 saturated carbocycles. The molecule has 0 aliphatic carbocycles. The normalized spacial score (nSPS) is 20.2. The standard InChI is InChI=1S/C17H28N4O/c1-4-5-10-17(18-19-17)11-6-16(22)21-13-8-15(9-14-21)7-12-20(2)3/h1,15H,5-14H2,2-3H3. The van der Waals surface area contributed by atoms with Gasteiger partial charge in [-0.2, -0.15) is 10.2 Å². The van der Waals surface area contributed by atoms with E-state index in [2.05, 4.69) is 35.1 Å². The van der Waals surface area contributed by atoms with Crippen LogP contribution in [0.4, 0.5) is 0 Å². The Balaban J connectivity index is 1.64. The van der Waals surface area contributed by atoms with Crippen LogP contribution in [0, 0.1) is 18.3 Å². The highest BCUT2D eigenvalue weighted by Crippen LogP contribution is 2.37. The number of nitrogens with zero attached hydrogens (tertiary/aromatic N) is 4. The zero-order chi connectivity index (χ0) is 16.0. The summed E-state index contributed by atoms with van der Waals surface area (Å²) in [5.41, 5.74) is -0.327. The molecule has 2 heterocycles. The van der Waals surface area contributed by atoms with Crippen molar-refractivity contribution in [3.63, 3.8) is 0 Å². The van der Waals surface area contributed by atoms with Gasteiger partial charge in [-0.1, -0.05) is 0 Å². The largest absolute Gasteiger partial charge is 0.343 e. The molecule has 5 nitrogen and oxygen atoms in total. The Bertz CT molecular complexity index is 438. The van der Waals surface area contributed by atoms with Crippen LogP contribution in [-0.2, 0) is 4.79 Å². The smallest absolute Gasteiger partial charge is 0.222 e. The van der Waals surface area contributed by atoms with E-state index in [1.165, 1.54) is 6.42 Å². The molecule has 122 valence electrons. The van der Waals surface area contributed by atoms with Crippen LogP contribution in [-0.4, -0.2) is 55.1 Å². The maximum atomic E-state index is 12.3. The van der Waals surface area contributed by atoms with Gasteiger partial charge in [-0.3, -0.25) is 4.79 Å². The summed E-state index contributed by atoms with van der Waals surface area (Å²) < 4.78 is 0. The molecular weight excluding hydrogens is 276 g/mol. The number of carbonyl (C=O) groups is 1. The summed E-state index contributed by atoms with van der Waals surface area (Å²) in [4.78, 5) is 16.6. The van der Waals surface area contributed by atoms with Gasteiger partial charge < -0.3 is 9.80 Å². The topological polar surface area (TPSA) is 48.3 Å². The van der Waals surface area contributed by atoms with E-state index in [0.717, 1.165) is 44.8 Å². The lowest BCUT2D eigenvalue weighted by Crippen LogP contribution is -2.39. The highest BCUT2D eigenvalue weighted by molar-refractivity contribution is 5.76. The maximum Gasteiger partial charge on any atom is 0.222 e. The Morgan fingerprint density at radius 3 is 2.55 bits per heavy atom. The van der Waals surface area contributed by atoms with Gasteiger partial charge in [-0.05, 0) is 45.8 Å². The molecule has 2 rings (SSSR count). The fourth-order valence-electron chi connectivity index (χ4n) is 3.05. The van der Waals surface area contributed by atoms with Gasteiger partial charge in [0.05, 0.1) is 0 Å². The summed E-state index contributed by atoms with van der Waals surface area (Å²) in [7, 11) is 4.23. The van der Waals surface area contributed by atoms with E-state index in [1.807, 2.05) is 4.90 Å². The van der Waals surface area contributed by atoms with Crippen LogP contribution in [0.25, 0.3) is 0 Å². The van der Waals surface area contributed by atoms with E-state index in [1.54, 1.807) is 0 Å². The van der Waals surface area contributed by atoms with Crippen LogP contribution in [0.3, 0.4) is 0 Å². The molecule has 0 radical (unpaired) electrons. The first kappa shape index (κ1) is 17.0. The fourth-order valence-corrected chi connectivity index (χ4v) is 3.05. The molecule has 1 saturated heterocycles. The number of hydrogen-bond donors (Lipinski definition) is 0. The van der Waals surface area contributed by atoms with Gasteiger partial charge in [-0.25, -0.2) is 0 Å². The first-order valence-corrected chi connectivity index (χ1v) is 8.35.